The second kappa shape index (κ2) is 9.00. The molecule has 0 spiro atoms. The van der Waals surface area contributed by atoms with Crippen molar-refractivity contribution in [3.8, 4) is 11.4 Å². The summed E-state index contributed by atoms with van der Waals surface area (Å²) in [6, 6.07) is 12.5. The molecular weight excluding hydrogens is 368 g/mol. The van der Waals surface area contributed by atoms with Crippen LogP contribution in [0.1, 0.15) is 37.5 Å². The van der Waals surface area contributed by atoms with Crippen LogP contribution in [-0.2, 0) is 24.4 Å². The Hall–Kier alpha value is -3.00. The molecule has 0 saturated carbocycles. The van der Waals surface area contributed by atoms with Gasteiger partial charge in [-0.1, -0.05) is 30.7 Å². The Morgan fingerprint density at radius 3 is 2.86 bits per heavy atom. The number of likely N-dealkylation sites (tertiary alicyclic amines) is 1. The van der Waals surface area contributed by atoms with Gasteiger partial charge in [0.1, 0.15) is 12.3 Å². The van der Waals surface area contributed by atoms with E-state index < -0.39 is 0 Å². The van der Waals surface area contributed by atoms with Gasteiger partial charge in [-0.05, 0) is 49.2 Å². The highest BCUT2D eigenvalue weighted by atomic mass is 16.3. The minimum absolute atomic E-state index is 0.0125. The van der Waals surface area contributed by atoms with Crippen LogP contribution in [-0.4, -0.2) is 43.6 Å². The van der Waals surface area contributed by atoms with E-state index in [4.69, 9.17) is 4.42 Å². The lowest BCUT2D eigenvalue weighted by Crippen LogP contribution is -2.36. The topological polar surface area (TPSA) is 89.1 Å². The van der Waals surface area contributed by atoms with E-state index in [1.165, 1.54) is 36.2 Å². The van der Waals surface area contributed by atoms with Gasteiger partial charge in [0, 0.05) is 18.2 Å². The van der Waals surface area contributed by atoms with Gasteiger partial charge in [-0.2, -0.15) is 4.80 Å². The maximum absolute atomic E-state index is 12.0. The number of amides is 1. The molecule has 8 nitrogen and oxygen atoms in total. The average molecular weight is 394 g/mol. The number of tetrazole rings is 1. The summed E-state index contributed by atoms with van der Waals surface area (Å²) < 4.78 is 5.19. The van der Waals surface area contributed by atoms with Gasteiger partial charge < -0.3 is 9.73 Å². The normalized spacial score (nSPS) is 17.3. The zero-order chi connectivity index (χ0) is 20.1. The number of carbonyl (C=O) groups excluding carboxylic acids is 1. The lowest BCUT2D eigenvalue weighted by molar-refractivity contribution is -0.122. The van der Waals surface area contributed by atoms with E-state index in [9.17, 15) is 4.79 Å². The summed E-state index contributed by atoms with van der Waals surface area (Å²) in [4.78, 5) is 15.9. The second-order valence-corrected chi connectivity index (χ2v) is 7.51. The van der Waals surface area contributed by atoms with E-state index in [1.54, 1.807) is 12.3 Å². The smallest absolute Gasteiger partial charge is 0.244 e. The lowest BCUT2D eigenvalue weighted by atomic mass is 10.0. The number of furan rings is 1. The Balaban J connectivity index is 1.32. The van der Waals surface area contributed by atoms with Gasteiger partial charge in [-0.3, -0.25) is 9.69 Å². The van der Waals surface area contributed by atoms with E-state index in [-0.39, 0.29) is 12.5 Å². The quantitative estimate of drug-likeness (QED) is 0.663. The minimum Gasteiger partial charge on any atom is -0.467 e. The maximum Gasteiger partial charge on any atom is 0.244 e. The number of aromatic nitrogens is 4. The lowest BCUT2D eigenvalue weighted by Gasteiger charge is -2.33. The van der Waals surface area contributed by atoms with Crippen LogP contribution < -0.4 is 5.32 Å². The standard InChI is InChI=1S/C21H26N6O2/c1-16-5-2-3-11-26(16)14-17-7-9-18(10-8-17)21-23-25-27(24-21)15-20(28)22-13-19-6-4-12-29-19/h4,6-10,12,16H,2-3,5,11,13-15H2,1H3,(H,22,28)/t16-/m0/s1. The highest BCUT2D eigenvalue weighted by molar-refractivity contribution is 5.75. The first-order valence-electron chi connectivity index (χ1n) is 10.1. The number of benzene rings is 1. The fourth-order valence-corrected chi connectivity index (χ4v) is 3.60. The van der Waals surface area contributed by atoms with Gasteiger partial charge in [0.25, 0.3) is 0 Å². The predicted octanol–water partition coefficient (Wildman–Crippen LogP) is 2.62. The molecule has 0 radical (unpaired) electrons. The fraction of sp³-hybridized carbons (Fsp3) is 0.429. The van der Waals surface area contributed by atoms with Gasteiger partial charge in [-0.15, -0.1) is 10.2 Å². The molecule has 1 N–H and O–H groups in total. The van der Waals surface area contributed by atoms with Gasteiger partial charge in [0.05, 0.1) is 12.8 Å². The molecule has 0 bridgehead atoms. The first-order valence-corrected chi connectivity index (χ1v) is 10.1. The molecule has 0 unspecified atom stereocenters. The summed E-state index contributed by atoms with van der Waals surface area (Å²) in [5.74, 6) is 1.02. The van der Waals surface area contributed by atoms with Crippen LogP contribution >= 0.6 is 0 Å². The Morgan fingerprint density at radius 1 is 1.24 bits per heavy atom. The SMILES string of the molecule is C[C@H]1CCCCN1Cc1ccc(-c2nnn(CC(=O)NCc3ccco3)n2)cc1. The van der Waals surface area contributed by atoms with E-state index in [1.807, 2.05) is 18.2 Å². The maximum atomic E-state index is 12.0. The molecule has 29 heavy (non-hydrogen) atoms. The van der Waals surface area contributed by atoms with Crippen LogP contribution in [0.3, 0.4) is 0 Å². The number of piperidine rings is 1. The third kappa shape index (κ3) is 5.08. The molecule has 152 valence electrons. The molecule has 1 saturated heterocycles. The molecule has 1 aliphatic heterocycles. The zero-order valence-electron chi connectivity index (χ0n) is 16.6. The molecule has 2 aromatic heterocycles. The molecule has 0 aliphatic carbocycles. The Labute approximate surface area is 169 Å². The Morgan fingerprint density at radius 2 is 2.10 bits per heavy atom. The van der Waals surface area contributed by atoms with E-state index in [0.29, 0.717) is 24.2 Å². The third-order valence-electron chi connectivity index (χ3n) is 5.32. The van der Waals surface area contributed by atoms with Crippen molar-refractivity contribution in [1.82, 2.24) is 30.4 Å². The van der Waals surface area contributed by atoms with Crippen molar-refractivity contribution in [3.05, 3.63) is 54.0 Å². The van der Waals surface area contributed by atoms with E-state index in [0.717, 1.165) is 12.1 Å². The summed E-state index contributed by atoms with van der Waals surface area (Å²) in [6.45, 7) is 4.79. The van der Waals surface area contributed by atoms with Crippen molar-refractivity contribution in [2.75, 3.05) is 6.54 Å². The van der Waals surface area contributed by atoms with Crippen molar-refractivity contribution in [1.29, 1.82) is 0 Å². The molecule has 1 fully saturated rings. The average Bonchev–Trinajstić information content (AvgIpc) is 3.41. The molecule has 1 amide bonds. The van der Waals surface area contributed by atoms with Crippen LogP contribution in [0.2, 0.25) is 0 Å². The summed E-state index contributed by atoms with van der Waals surface area (Å²) in [5, 5.41) is 15.2. The first kappa shape index (κ1) is 19.3. The minimum atomic E-state index is -0.198. The van der Waals surface area contributed by atoms with Crippen molar-refractivity contribution < 1.29 is 9.21 Å². The summed E-state index contributed by atoms with van der Waals surface area (Å²) in [5.41, 5.74) is 2.18. The predicted molar refractivity (Wildman–Crippen MR) is 108 cm³/mol. The van der Waals surface area contributed by atoms with Gasteiger partial charge >= 0.3 is 0 Å². The number of nitrogens with one attached hydrogen (secondary N) is 1. The molecule has 1 aliphatic rings. The number of carbonyl (C=O) groups is 1. The number of hydrogen-bond donors (Lipinski definition) is 1. The van der Waals surface area contributed by atoms with Gasteiger partial charge in [0.15, 0.2) is 0 Å². The molecule has 1 atom stereocenters. The second-order valence-electron chi connectivity index (χ2n) is 7.51. The van der Waals surface area contributed by atoms with Gasteiger partial charge in [0.2, 0.25) is 11.7 Å². The van der Waals surface area contributed by atoms with Crippen molar-refractivity contribution in [2.24, 2.45) is 0 Å². The molecule has 1 aromatic carbocycles. The monoisotopic (exact) mass is 394 g/mol. The van der Waals surface area contributed by atoms with Crippen molar-refractivity contribution in [3.63, 3.8) is 0 Å². The van der Waals surface area contributed by atoms with Gasteiger partial charge in [-0.25, -0.2) is 0 Å². The van der Waals surface area contributed by atoms with Crippen LogP contribution in [0.5, 0.6) is 0 Å². The first-order chi connectivity index (χ1) is 14.2. The molecule has 3 heterocycles. The van der Waals surface area contributed by atoms with Crippen LogP contribution in [0.25, 0.3) is 11.4 Å². The number of rotatable bonds is 7. The highest BCUT2D eigenvalue weighted by Gasteiger charge is 2.18. The largest absolute Gasteiger partial charge is 0.467 e. The van der Waals surface area contributed by atoms with E-state index in [2.05, 4.69) is 44.7 Å². The summed E-state index contributed by atoms with van der Waals surface area (Å²) in [7, 11) is 0. The number of nitrogens with zero attached hydrogens (tertiary/aromatic N) is 5. The van der Waals surface area contributed by atoms with Crippen LogP contribution in [0.4, 0.5) is 0 Å². The summed E-state index contributed by atoms with van der Waals surface area (Å²) >= 11 is 0. The highest BCUT2D eigenvalue weighted by Crippen LogP contribution is 2.20. The Kier molecular flexibility index (Phi) is 6.00. The van der Waals surface area contributed by atoms with E-state index >= 15 is 0 Å². The Bertz CT molecular complexity index is 919. The van der Waals surface area contributed by atoms with Crippen molar-refractivity contribution in [2.45, 2.75) is 51.9 Å². The molecular formula is C21H26N6O2. The molecule has 4 rings (SSSR count). The van der Waals surface area contributed by atoms with Crippen LogP contribution in [0.15, 0.2) is 47.1 Å². The third-order valence-corrected chi connectivity index (χ3v) is 5.32. The summed E-state index contributed by atoms with van der Waals surface area (Å²) in [6.07, 6.45) is 5.47. The fourth-order valence-electron chi connectivity index (χ4n) is 3.60. The molecule has 3 aromatic rings. The van der Waals surface area contributed by atoms with Crippen LogP contribution in [0, 0.1) is 0 Å². The van der Waals surface area contributed by atoms with Crippen molar-refractivity contribution >= 4 is 5.91 Å². The zero-order valence-corrected chi connectivity index (χ0v) is 16.6. The number of hydrogen-bond acceptors (Lipinski definition) is 6. The molecule has 8 heteroatoms.